The fraction of sp³-hybridized carbons (Fsp3) is 0.533. The number of halogens is 1. The molecule has 24 heavy (non-hydrogen) atoms. The van der Waals surface area contributed by atoms with Crippen molar-refractivity contribution in [1.82, 2.24) is 24.7 Å². The Morgan fingerprint density at radius 2 is 2.21 bits per heavy atom. The van der Waals surface area contributed by atoms with Crippen LogP contribution in [-0.2, 0) is 18.4 Å². The average Bonchev–Trinajstić information content (AvgIpc) is 3.07. The number of aliphatic carboxylic acids is 1. The maximum absolute atomic E-state index is 11.4. The topological polar surface area (TPSA) is 87.6 Å². The van der Waals surface area contributed by atoms with Gasteiger partial charge < -0.3 is 9.63 Å². The summed E-state index contributed by atoms with van der Waals surface area (Å²) in [5, 5.41) is 18.3. The van der Waals surface area contributed by atoms with E-state index in [4.69, 9.17) is 16.1 Å². The van der Waals surface area contributed by atoms with E-state index >= 15 is 0 Å². The summed E-state index contributed by atoms with van der Waals surface area (Å²) in [5.41, 5.74) is 2.14. The highest BCUT2D eigenvalue weighted by atomic mass is 35.5. The third-order valence-electron chi connectivity index (χ3n) is 4.34. The molecule has 3 rings (SSSR count). The smallest absolute Gasteiger partial charge is 0.322 e. The molecule has 0 bridgehead atoms. The predicted octanol–water partition coefficient (Wildman–Crippen LogP) is 1.24. The van der Waals surface area contributed by atoms with Crippen LogP contribution in [0, 0.1) is 6.92 Å². The number of carboxylic acids is 1. The number of aryl methyl sites for hydroxylation is 2. The summed E-state index contributed by atoms with van der Waals surface area (Å²) < 4.78 is 6.73. The number of hydrogen-bond donors (Lipinski definition) is 1. The minimum Gasteiger partial charge on any atom is -0.480 e. The molecule has 2 aromatic rings. The Balaban J connectivity index is 1.86. The van der Waals surface area contributed by atoms with Crippen LogP contribution in [0.15, 0.2) is 10.6 Å². The molecular formula is C15H20ClN5O3. The second-order valence-corrected chi connectivity index (χ2v) is 6.49. The second kappa shape index (κ2) is 6.54. The Morgan fingerprint density at radius 3 is 2.83 bits per heavy atom. The van der Waals surface area contributed by atoms with E-state index in [-0.39, 0.29) is 0 Å². The number of carboxylic acid groups (broad SMARTS) is 1. The van der Waals surface area contributed by atoms with Gasteiger partial charge in [0.2, 0.25) is 0 Å². The lowest BCUT2D eigenvalue weighted by Gasteiger charge is -2.37. The number of likely N-dealkylation sites (N-methyl/N-ethyl adjacent to an activating group) is 1. The van der Waals surface area contributed by atoms with E-state index in [9.17, 15) is 9.90 Å². The third-order valence-corrected chi connectivity index (χ3v) is 4.81. The highest BCUT2D eigenvalue weighted by molar-refractivity contribution is 6.30. The normalized spacial score (nSPS) is 19.8. The first-order valence-corrected chi connectivity index (χ1v) is 8.05. The summed E-state index contributed by atoms with van der Waals surface area (Å²) in [4.78, 5) is 15.3. The molecule has 8 nitrogen and oxygen atoms in total. The van der Waals surface area contributed by atoms with Crippen molar-refractivity contribution in [3.8, 4) is 11.4 Å². The van der Waals surface area contributed by atoms with E-state index in [1.165, 1.54) is 0 Å². The van der Waals surface area contributed by atoms with Gasteiger partial charge in [-0.25, -0.2) is 0 Å². The summed E-state index contributed by atoms with van der Waals surface area (Å²) in [6, 6.07) is 1.29. The van der Waals surface area contributed by atoms with Crippen LogP contribution >= 0.6 is 11.6 Å². The van der Waals surface area contributed by atoms with Crippen molar-refractivity contribution in [2.24, 2.45) is 7.05 Å². The van der Waals surface area contributed by atoms with Crippen molar-refractivity contribution in [1.29, 1.82) is 0 Å². The predicted molar refractivity (Wildman–Crippen MR) is 87.8 cm³/mol. The lowest BCUT2D eigenvalue weighted by Crippen LogP contribution is -2.54. The average molecular weight is 354 g/mol. The molecule has 1 aliphatic rings. The van der Waals surface area contributed by atoms with Gasteiger partial charge in [0, 0.05) is 44.9 Å². The number of carbonyl (C=O) groups is 1. The standard InChI is InChI=1S/C15H20ClN5O3/c1-9-6-11(18-24-9)13-10(14(16)20(3)17-13)7-21-5-4-19(2)12(8-21)15(22)23/h6,12H,4-5,7-8H2,1-3H3,(H,22,23)/t12-/m1/s1. The largest absolute Gasteiger partial charge is 0.480 e. The van der Waals surface area contributed by atoms with Gasteiger partial charge in [0.15, 0.2) is 0 Å². The molecule has 0 aromatic carbocycles. The number of rotatable bonds is 4. The maximum Gasteiger partial charge on any atom is 0.322 e. The Labute approximate surface area is 144 Å². The molecule has 0 spiro atoms. The number of nitrogens with zero attached hydrogens (tertiary/aromatic N) is 5. The second-order valence-electron chi connectivity index (χ2n) is 6.13. The monoisotopic (exact) mass is 353 g/mol. The highest BCUT2D eigenvalue weighted by Crippen LogP contribution is 2.29. The minimum absolute atomic E-state index is 0.439. The van der Waals surface area contributed by atoms with Crippen molar-refractivity contribution >= 4 is 17.6 Å². The zero-order valence-corrected chi connectivity index (χ0v) is 14.6. The van der Waals surface area contributed by atoms with E-state index in [1.54, 1.807) is 11.7 Å². The number of piperazine rings is 1. The zero-order chi connectivity index (χ0) is 17.4. The van der Waals surface area contributed by atoms with Crippen LogP contribution in [0.1, 0.15) is 11.3 Å². The lowest BCUT2D eigenvalue weighted by molar-refractivity contribution is -0.145. The molecule has 9 heteroatoms. The molecule has 1 aliphatic heterocycles. The summed E-state index contributed by atoms with van der Waals surface area (Å²) in [6.07, 6.45) is 0. The Morgan fingerprint density at radius 1 is 1.46 bits per heavy atom. The first kappa shape index (κ1) is 16.9. The van der Waals surface area contributed by atoms with Gasteiger partial charge >= 0.3 is 5.97 Å². The molecule has 130 valence electrons. The third kappa shape index (κ3) is 3.17. The quantitative estimate of drug-likeness (QED) is 0.884. The molecule has 1 N–H and O–H groups in total. The molecule has 0 amide bonds. The van der Waals surface area contributed by atoms with Crippen LogP contribution in [0.5, 0.6) is 0 Å². The minimum atomic E-state index is -0.813. The summed E-state index contributed by atoms with van der Waals surface area (Å²) in [6.45, 7) is 4.23. The molecule has 1 saturated heterocycles. The van der Waals surface area contributed by atoms with Crippen molar-refractivity contribution in [2.75, 3.05) is 26.7 Å². The van der Waals surface area contributed by atoms with Gasteiger partial charge in [-0.05, 0) is 14.0 Å². The molecule has 0 unspecified atom stereocenters. The van der Waals surface area contributed by atoms with E-state index in [0.29, 0.717) is 41.9 Å². The summed E-state index contributed by atoms with van der Waals surface area (Å²) in [7, 11) is 3.60. The van der Waals surface area contributed by atoms with Crippen molar-refractivity contribution in [2.45, 2.75) is 19.5 Å². The molecule has 2 aromatic heterocycles. The molecule has 1 atom stereocenters. The van der Waals surface area contributed by atoms with E-state index < -0.39 is 12.0 Å². The van der Waals surface area contributed by atoms with Crippen LogP contribution in [0.3, 0.4) is 0 Å². The number of aromatic nitrogens is 3. The maximum atomic E-state index is 11.4. The molecule has 3 heterocycles. The van der Waals surface area contributed by atoms with Gasteiger partial charge in [-0.2, -0.15) is 5.10 Å². The Bertz CT molecular complexity index is 756. The summed E-state index contributed by atoms with van der Waals surface area (Å²) >= 11 is 6.41. The Hall–Kier alpha value is -1.90. The van der Waals surface area contributed by atoms with Crippen molar-refractivity contribution in [3.63, 3.8) is 0 Å². The highest BCUT2D eigenvalue weighted by Gasteiger charge is 2.31. The Kier molecular flexibility index (Phi) is 4.62. The first-order chi connectivity index (χ1) is 11.4. The van der Waals surface area contributed by atoms with E-state index in [0.717, 1.165) is 12.1 Å². The van der Waals surface area contributed by atoms with Crippen LogP contribution in [-0.4, -0.2) is 68.5 Å². The lowest BCUT2D eigenvalue weighted by atomic mass is 10.1. The summed E-state index contributed by atoms with van der Waals surface area (Å²) in [5.74, 6) is -0.116. The molecule has 0 saturated carbocycles. The molecule has 0 radical (unpaired) electrons. The van der Waals surface area contributed by atoms with Crippen molar-refractivity contribution in [3.05, 3.63) is 22.5 Å². The van der Waals surface area contributed by atoms with Crippen molar-refractivity contribution < 1.29 is 14.4 Å². The fourth-order valence-corrected chi connectivity index (χ4v) is 3.12. The van der Waals surface area contributed by atoms with Crippen LogP contribution < -0.4 is 0 Å². The van der Waals surface area contributed by atoms with Gasteiger partial charge in [-0.3, -0.25) is 19.3 Å². The van der Waals surface area contributed by atoms with E-state index in [1.807, 2.05) is 24.9 Å². The van der Waals surface area contributed by atoms with Gasteiger partial charge in [0.25, 0.3) is 0 Å². The van der Waals surface area contributed by atoms with Gasteiger partial charge in [0.1, 0.15) is 28.3 Å². The van der Waals surface area contributed by atoms with Gasteiger partial charge in [-0.1, -0.05) is 16.8 Å². The molecule has 0 aliphatic carbocycles. The molecular weight excluding hydrogens is 334 g/mol. The SMILES string of the molecule is Cc1cc(-c2nn(C)c(Cl)c2CN2CCN(C)[C@@H](C(=O)O)C2)no1. The fourth-order valence-electron chi connectivity index (χ4n) is 2.94. The van der Waals surface area contributed by atoms with Crippen LogP contribution in [0.4, 0.5) is 0 Å². The van der Waals surface area contributed by atoms with Gasteiger partial charge in [0.05, 0.1) is 0 Å². The zero-order valence-electron chi connectivity index (χ0n) is 13.9. The van der Waals surface area contributed by atoms with Gasteiger partial charge in [-0.15, -0.1) is 0 Å². The number of hydrogen-bond acceptors (Lipinski definition) is 6. The van der Waals surface area contributed by atoms with Crippen LogP contribution in [0.25, 0.3) is 11.4 Å². The van der Waals surface area contributed by atoms with E-state index in [2.05, 4.69) is 15.2 Å². The van der Waals surface area contributed by atoms with Crippen LogP contribution in [0.2, 0.25) is 5.15 Å². The first-order valence-electron chi connectivity index (χ1n) is 7.67. The molecule has 1 fully saturated rings.